The molecule has 0 radical (unpaired) electrons. The van der Waals surface area contributed by atoms with Crippen molar-refractivity contribution in [1.82, 2.24) is 4.98 Å². The molecule has 5 heteroatoms. The molecule has 2 aromatic rings. The highest BCUT2D eigenvalue weighted by Crippen LogP contribution is 2.31. The second kappa shape index (κ2) is 4.37. The van der Waals surface area contributed by atoms with Crippen molar-refractivity contribution in [3.05, 3.63) is 40.6 Å². The van der Waals surface area contributed by atoms with Crippen molar-refractivity contribution in [2.24, 2.45) is 0 Å². The predicted molar refractivity (Wildman–Crippen MR) is 59.5 cm³/mol. The van der Waals surface area contributed by atoms with E-state index >= 15 is 0 Å². The molecule has 0 saturated carbocycles. The van der Waals surface area contributed by atoms with Gasteiger partial charge in [0, 0.05) is 10.7 Å². The van der Waals surface area contributed by atoms with Crippen LogP contribution in [0, 0.1) is 12.7 Å². The Bertz CT molecular complexity index is 486. The maximum atomic E-state index is 13.4. The quantitative estimate of drug-likeness (QED) is 0.834. The third kappa shape index (κ3) is 2.41. The molecule has 15 heavy (non-hydrogen) atoms. The molecule has 0 atom stereocenters. The number of hydrogen-bond acceptors (Lipinski definition) is 3. The first-order valence-corrected chi connectivity index (χ1v) is 5.81. The van der Waals surface area contributed by atoms with Crippen LogP contribution in [0.25, 0.3) is 0 Å². The number of aryl methyl sites for hydroxylation is 1. The van der Waals surface area contributed by atoms with Crippen LogP contribution < -0.4 is 0 Å². The molecular formula is C10H7BrFNOS. The van der Waals surface area contributed by atoms with Crippen LogP contribution in [-0.4, -0.2) is 4.98 Å². The predicted octanol–water partition coefficient (Wildman–Crippen LogP) is 4.04. The van der Waals surface area contributed by atoms with Crippen LogP contribution in [0.2, 0.25) is 0 Å². The minimum Gasteiger partial charge on any atom is -0.468 e. The SMILES string of the molecule is Cc1occc1Sc1ncc(Br)cc1F. The molecule has 0 aromatic carbocycles. The third-order valence-corrected chi connectivity index (χ3v) is 3.36. The minimum atomic E-state index is -0.338. The summed E-state index contributed by atoms with van der Waals surface area (Å²) >= 11 is 4.41. The van der Waals surface area contributed by atoms with E-state index in [1.54, 1.807) is 18.5 Å². The molecule has 2 heterocycles. The topological polar surface area (TPSA) is 26.0 Å². The van der Waals surface area contributed by atoms with Crippen LogP contribution in [0.5, 0.6) is 0 Å². The summed E-state index contributed by atoms with van der Waals surface area (Å²) < 4.78 is 19.2. The monoisotopic (exact) mass is 287 g/mol. The zero-order chi connectivity index (χ0) is 10.8. The van der Waals surface area contributed by atoms with E-state index in [2.05, 4.69) is 20.9 Å². The minimum absolute atomic E-state index is 0.338. The second-order valence-electron chi connectivity index (χ2n) is 2.88. The summed E-state index contributed by atoms with van der Waals surface area (Å²) in [5, 5.41) is 0.350. The van der Waals surface area contributed by atoms with E-state index in [-0.39, 0.29) is 5.82 Å². The summed E-state index contributed by atoms with van der Waals surface area (Å²) in [7, 11) is 0. The van der Waals surface area contributed by atoms with Crippen LogP contribution >= 0.6 is 27.7 Å². The van der Waals surface area contributed by atoms with E-state index < -0.39 is 0 Å². The van der Waals surface area contributed by atoms with Gasteiger partial charge in [0.25, 0.3) is 0 Å². The Morgan fingerprint density at radius 3 is 2.93 bits per heavy atom. The fraction of sp³-hybridized carbons (Fsp3) is 0.100. The maximum Gasteiger partial charge on any atom is 0.156 e. The van der Waals surface area contributed by atoms with Gasteiger partial charge in [-0.1, -0.05) is 11.8 Å². The van der Waals surface area contributed by atoms with Gasteiger partial charge in [-0.15, -0.1) is 0 Å². The Balaban J connectivity index is 2.29. The van der Waals surface area contributed by atoms with E-state index in [9.17, 15) is 4.39 Å². The summed E-state index contributed by atoms with van der Waals surface area (Å²) in [5.41, 5.74) is 0. The molecule has 78 valence electrons. The van der Waals surface area contributed by atoms with Crippen LogP contribution in [0.3, 0.4) is 0 Å². The first kappa shape index (κ1) is 10.7. The van der Waals surface area contributed by atoms with Gasteiger partial charge in [0.1, 0.15) is 10.8 Å². The van der Waals surface area contributed by atoms with Crippen molar-refractivity contribution in [2.75, 3.05) is 0 Å². The molecule has 2 rings (SSSR count). The van der Waals surface area contributed by atoms with E-state index in [0.717, 1.165) is 10.7 Å². The number of hydrogen-bond donors (Lipinski definition) is 0. The van der Waals surface area contributed by atoms with Gasteiger partial charge in [0.2, 0.25) is 0 Å². The van der Waals surface area contributed by atoms with E-state index in [4.69, 9.17) is 4.42 Å². The van der Waals surface area contributed by atoms with Crippen LogP contribution in [-0.2, 0) is 0 Å². The van der Waals surface area contributed by atoms with Crippen molar-refractivity contribution in [1.29, 1.82) is 0 Å². The fourth-order valence-corrected chi connectivity index (χ4v) is 2.15. The van der Waals surface area contributed by atoms with Gasteiger partial charge < -0.3 is 4.42 Å². The normalized spacial score (nSPS) is 10.6. The summed E-state index contributed by atoms with van der Waals surface area (Å²) in [6.07, 6.45) is 3.15. The largest absolute Gasteiger partial charge is 0.468 e. The van der Waals surface area contributed by atoms with Crippen molar-refractivity contribution in [2.45, 2.75) is 16.8 Å². The fourth-order valence-electron chi connectivity index (χ4n) is 1.06. The van der Waals surface area contributed by atoms with E-state index in [1.807, 2.05) is 6.92 Å². The number of nitrogens with zero attached hydrogens (tertiary/aromatic N) is 1. The molecule has 0 N–H and O–H groups in total. The smallest absolute Gasteiger partial charge is 0.156 e. The first-order chi connectivity index (χ1) is 7.16. The van der Waals surface area contributed by atoms with Crippen molar-refractivity contribution in [3.63, 3.8) is 0 Å². The lowest BCUT2D eigenvalue weighted by atomic mass is 10.5. The van der Waals surface area contributed by atoms with Gasteiger partial charge in [-0.25, -0.2) is 9.37 Å². The third-order valence-electron chi connectivity index (χ3n) is 1.79. The highest BCUT2D eigenvalue weighted by Gasteiger charge is 2.09. The molecule has 0 saturated heterocycles. The number of aromatic nitrogens is 1. The van der Waals surface area contributed by atoms with Gasteiger partial charge in [-0.05, 0) is 35.0 Å². The summed E-state index contributed by atoms with van der Waals surface area (Å²) in [4.78, 5) is 4.87. The molecule has 0 aliphatic rings. The lowest BCUT2D eigenvalue weighted by Gasteiger charge is -2.00. The van der Waals surface area contributed by atoms with Gasteiger partial charge in [-0.3, -0.25) is 0 Å². The van der Waals surface area contributed by atoms with Crippen molar-refractivity contribution >= 4 is 27.7 Å². The molecule has 0 amide bonds. The number of rotatable bonds is 2. The number of halogens is 2. The van der Waals surface area contributed by atoms with Crippen LogP contribution in [0.4, 0.5) is 4.39 Å². The molecule has 0 spiro atoms. The zero-order valence-electron chi connectivity index (χ0n) is 7.83. The standard InChI is InChI=1S/C10H7BrFNOS/c1-6-9(2-3-14-6)15-10-8(12)4-7(11)5-13-10/h2-5H,1H3. The highest BCUT2D eigenvalue weighted by atomic mass is 79.9. The van der Waals surface area contributed by atoms with Gasteiger partial charge in [-0.2, -0.15) is 0 Å². The number of pyridine rings is 1. The van der Waals surface area contributed by atoms with Crippen LogP contribution in [0.1, 0.15) is 5.76 Å². The Morgan fingerprint density at radius 1 is 1.53 bits per heavy atom. The molecule has 0 aliphatic heterocycles. The van der Waals surface area contributed by atoms with Gasteiger partial charge in [0.05, 0.1) is 11.2 Å². The second-order valence-corrected chi connectivity index (χ2v) is 4.83. The molecule has 0 unspecified atom stereocenters. The zero-order valence-corrected chi connectivity index (χ0v) is 10.2. The Morgan fingerprint density at radius 2 is 2.33 bits per heavy atom. The molecule has 0 bridgehead atoms. The molecule has 2 nitrogen and oxygen atoms in total. The average molecular weight is 288 g/mol. The van der Waals surface area contributed by atoms with E-state index in [1.165, 1.54) is 17.8 Å². The van der Waals surface area contributed by atoms with E-state index in [0.29, 0.717) is 9.50 Å². The summed E-state index contributed by atoms with van der Waals surface area (Å²) in [6, 6.07) is 3.19. The molecule has 0 fully saturated rings. The maximum absolute atomic E-state index is 13.4. The summed E-state index contributed by atoms with van der Waals surface area (Å²) in [5.74, 6) is 0.430. The first-order valence-electron chi connectivity index (χ1n) is 4.20. The van der Waals surface area contributed by atoms with Gasteiger partial charge in [0.15, 0.2) is 5.82 Å². The van der Waals surface area contributed by atoms with Crippen LogP contribution in [0.15, 0.2) is 43.4 Å². The molecule has 2 aromatic heterocycles. The Hall–Kier alpha value is -0.810. The van der Waals surface area contributed by atoms with Crippen molar-refractivity contribution in [3.8, 4) is 0 Å². The lowest BCUT2D eigenvalue weighted by Crippen LogP contribution is -1.86. The van der Waals surface area contributed by atoms with Crippen molar-refractivity contribution < 1.29 is 8.81 Å². The van der Waals surface area contributed by atoms with Gasteiger partial charge >= 0.3 is 0 Å². The Kier molecular flexibility index (Phi) is 3.11. The highest BCUT2D eigenvalue weighted by molar-refractivity contribution is 9.10. The average Bonchev–Trinajstić information content (AvgIpc) is 2.57. The lowest BCUT2D eigenvalue weighted by molar-refractivity contribution is 0.526. The summed E-state index contributed by atoms with van der Waals surface area (Å²) in [6.45, 7) is 1.83. The molecular weight excluding hydrogens is 281 g/mol. The molecule has 0 aliphatic carbocycles. The number of furan rings is 1. The Labute approximate surface area is 99.0 Å².